The van der Waals surface area contributed by atoms with Crippen LogP contribution in [-0.4, -0.2) is 58.3 Å². The molecule has 1 amide bonds. The van der Waals surface area contributed by atoms with Crippen molar-refractivity contribution in [2.45, 2.75) is 45.6 Å². The molecule has 1 saturated heterocycles. The van der Waals surface area contributed by atoms with E-state index in [1.807, 2.05) is 18.2 Å². The summed E-state index contributed by atoms with van der Waals surface area (Å²) in [6, 6.07) is 13.6. The first-order valence-electron chi connectivity index (χ1n) is 12.4. The van der Waals surface area contributed by atoms with Crippen molar-refractivity contribution in [2.24, 2.45) is 0 Å². The number of carbonyl (C=O) groups excluding carboxylic acids is 1. The summed E-state index contributed by atoms with van der Waals surface area (Å²) in [6.45, 7) is 7.52. The fourth-order valence-corrected chi connectivity index (χ4v) is 3.79. The molecule has 0 atom stereocenters. The van der Waals surface area contributed by atoms with Crippen molar-refractivity contribution >= 4 is 5.91 Å². The van der Waals surface area contributed by atoms with E-state index in [0.717, 1.165) is 24.8 Å². The van der Waals surface area contributed by atoms with Crippen LogP contribution >= 0.6 is 0 Å². The van der Waals surface area contributed by atoms with Crippen LogP contribution in [0.15, 0.2) is 42.5 Å². The van der Waals surface area contributed by atoms with Gasteiger partial charge in [0.1, 0.15) is 0 Å². The molecular weight excluding hydrogens is 440 g/mol. The third-order valence-electron chi connectivity index (χ3n) is 5.78. The minimum atomic E-state index is -0.241. The molecule has 2 aromatic rings. The van der Waals surface area contributed by atoms with Crippen LogP contribution in [0.2, 0.25) is 0 Å². The molecule has 0 unspecified atom stereocenters. The standard InChI is InChI=1S/C23H27NO4.C6H13N/c1-24-23(25)20-15-19(16-21(26-2)22(20)27-3)13-7-4-5-10-14-28-17-18-11-8-6-9-12-18;1-2-7-5-3-4-6-7/h6,8-9,11-12,15-16H,4-5,10,14,17H2,1-3H3,(H,24,25);2-6H2,1H3. The largest absolute Gasteiger partial charge is 0.493 e. The fourth-order valence-electron chi connectivity index (χ4n) is 3.79. The zero-order valence-electron chi connectivity index (χ0n) is 21.7. The summed E-state index contributed by atoms with van der Waals surface area (Å²) in [5.41, 5.74) is 2.31. The lowest BCUT2D eigenvalue weighted by Gasteiger charge is -2.12. The SMILES string of the molecule is CCN1CCCC1.CNC(=O)c1cc(C#CCCCCOCc2ccccc2)cc(OC)c1OC. The highest BCUT2D eigenvalue weighted by atomic mass is 16.5. The quantitative estimate of drug-likeness (QED) is 0.387. The van der Waals surface area contributed by atoms with Gasteiger partial charge in [-0.25, -0.2) is 0 Å². The van der Waals surface area contributed by atoms with Crippen LogP contribution in [-0.2, 0) is 11.3 Å². The summed E-state index contributed by atoms with van der Waals surface area (Å²) in [5, 5.41) is 2.61. The highest BCUT2D eigenvalue weighted by molar-refractivity contribution is 5.98. The number of nitrogens with zero attached hydrogens (tertiary/aromatic N) is 1. The third kappa shape index (κ3) is 10.0. The Morgan fingerprint density at radius 1 is 1.06 bits per heavy atom. The smallest absolute Gasteiger partial charge is 0.254 e. The van der Waals surface area contributed by atoms with Crippen molar-refractivity contribution in [3.63, 3.8) is 0 Å². The van der Waals surface area contributed by atoms with Crippen molar-refractivity contribution in [3.05, 3.63) is 59.2 Å². The lowest BCUT2D eigenvalue weighted by Crippen LogP contribution is -2.19. The van der Waals surface area contributed by atoms with Gasteiger partial charge in [-0.15, -0.1) is 0 Å². The molecule has 0 bridgehead atoms. The molecule has 0 aromatic heterocycles. The van der Waals surface area contributed by atoms with Crippen LogP contribution in [0, 0.1) is 11.8 Å². The van der Waals surface area contributed by atoms with E-state index in [1.54, 1.807) is 19.2 Å². The zero-order chi connectivity index (χ0) is 25.3. The maximum atomic E-state index is 12.1. The van der Waals surface area contributed by atoms with E-state index in [-0.39, 0.29) is 5.91 Å². The van der Waals surface area contributed by atoms with Gasteiger partial charge in [-0.3, -0.25) is 4.79 Å². The van der Waals surface area contributed by atoms with Crippen LogP contribution in [0.5, 0.6) is 11.5 Å². The van der Waals surface area contributed by atoms with Crippen molar-refractivity contribution in [2.75, 3.05) is 47.5 Å². The van der Waals surface area contributed by atoms with Crippen molar-refractivity contribution in [3.8, 4) is 23.3 Å². The summed E-state index contributed by atoms with van der Waals surface area (Å²) in [4.78, 5) is 14.6. The molecular formula is C29H40N2O4. The third-order valence-corrected chi connectivity index (χ3v) is 5.78. The average Bonchev–Trinajstić information content (AvgIpc) is 3.44. The van der Waals surface area contributed by atoms with Crippen LogP contribution in [0.1, 0.15) is 60.5 Å². The summed E-state index contributed by atoms with van der Waals surface area (Å²) in [7, 11) is 4.63. The molecule has 0 aliphatic carbocycles. The Kier molecular flexibility index (Phi) is 13.4. The monoisotopic (exact) mass is 480 g/mol. The number of hydrogen-bond donors (Lipinski definition) is 1. The maximum Gasteiger partial charge on any atom is 0.254 e. The first kappa shape index (κ1) is 28.2. The first-order chi connectivity index (χ1) is 17.1. The van der Waals surface area contributed by atoms with E-state index < -0.39 is 0 Å². The average molecular weight is 481 g/mol. The molecule has 1 N–H and O–H groups in total. The number of unbranched alkanes of at least 4 members (excludes halogenated alkanes) is 2. The van der Waals surface area contributed by atoms with Crippen LogP contribution in [0.3, 0.4) is 0 Å². The summed E-state index contributed by atoms with van der Waals surface area (Å²) < 4.78 is 16.3. The molecule has 0 saturated carbocycles. The molecule has 1 aliphatic rings. The van der Waals surface area contributed by atoms with E-state index in [4.69, 9.17) is 14.2 Å². The second-order valence-corrected chi connectivity index (χ2v) is 8.28. The second-order valence-electron chi connectivity index (χ2n) is 8.28. The number of ether oxygens (including phenoxy) is 3. The second kappa shape index (κ2) is 16.6. The summed E-state index contributed by atoms with van der Waals surface area (Å²) in [6.07, 6.45) is 5.52. The number of carbonyl (C=O) groups is 1. The predicted octanol–water partition coefficient (Wildman–Crippen LogP) is 4.90. The molecule has 2 aromatic carbocycles. The predicted molar refractivity (Wildman–Crippen MR) is 141 cm³/mol. The van der Waals surface area contributed by atoms with E-state index in [2.05, 4.69) is 41.1 Å². The van der Waals surface area contributed by atoms with Crippen molar-refractivity contribution in [1.29, 1.82) is 0 Å². The topological polar surface area (TPSA) is 60.0 Å². The molecule has 35 heavy (non-hydrogen) atoms. The number of methoxy groups -OCH3 is 2. The first-order valence-corrected chi connectivity index (χ1v) is 12.4. The fraction of sp³-hybridized carbons (Fsp3) is 0.483. The van der Waals surface area contributed by atoms with E-state index in [1.165, 1.54) is 52.3 Å². The summed E-state index contributed by atoms with van der Waals surface area (Å²) in [5.74, 6) is 6.90. The van der Waals surface area contributed by atoms with Crippen LogP contribution in [0.25, 0.3) is 0 Å². The number of benzene rings is 2. The Morgan fingerprint density at radius 2 is 1.80 bits per heavy atom. The molecule has 3 rings (SSSR count). The van der Waals surface area contributed by atoms with Crippen molar-refractivity contribution < 1.29 is 19.0 Å². The Bertz CT molecular complexity index is 944. The zero-order valence-corrected chi connectivity index (χ0v) is 21.7. The number of likely N-dealkylation sites (tertiary alicyclic amines) is 1. The Morgan fingerprint density at radius 3 is 2.40 bits per heavy atom. The van der Waals surface area contributed by atoms with Gasteiger partial charge < -0.3 is 24.4 Å². The Labute approximate surface area is 211 Å². The molecule has 1 heterocycles. The van der Waals surface area contributed by atoms with Gasteiger partial charge in [-0.1, -0.05) is 49.1 Å². The van der Waals surface area contributed by atoms with Gasteiger partial charge >= 0.3 is 0 Å². The van der Waals surface area contributed by atoms with E-state index in [0.29, 0.717) is 30.3 Å². The molecule has 1 fully saturated rings. The van der Waals surface area contributed by atoms with E-state index >= 15 is 0 Å². The molecule has 0 radical (unpaired) electrons. The van der Waals surface area contributed by atoms with Gasteiger partial charge in [-0.05, 0) is 63.0 Å². The van der Waals surface area contributed by atoms with Crippen molar-refractivity contribution in [1.82, 2.24) is 10.2 Å². The van der Waals surface area contributed by atoms with Gasteiger partial charge in [0.05, 0.1) is 26.4 Å². The number of amides is 1. The molecule has 1 aliphatic heterocycles. The molecule has 0 spiro atoms. The minimum Gasteiger partial charge on any atom is -0.493 e. The number of rotatable bonds is 10. The summed E-state index contributed by atoms with van der Waals surface area (Å²) >= 11 is 0. The van der Waals surface area contributed by atoms with Gasteiger partial charge in [0.15, 0.2) is 11.5 Å². The Hall–Kier alpha value is -3.01. The van der Waals surface area contributed by atoms with Gasteiger partial charge in [0, 0.05) is 25.6 Å². The number of nitrogens with one attached hydrogen (secondary N) is 1. The van der Waals surface area contributed by atoms with Crippen LogP contribution < -0.4 is 14.8 Å². The van der Waals surface area contributed by atoms with Crippen LogP contribution in [0.4, 0.5) is 0 Å². The minimum absolute atomic E-state index is 0.241. The highest BCUT2D eigenvalue weighted by Gasteiger charge is 2.17. The lowest BCUT2D eigenvalue weighted by molar-refractivity contribution is 0.0959. The van der Waals surface area contributed by atoms with Gasteiger partial charge in [0.2, 0.25) is 0 Å². The number of hydrogen-bond acceptors (Lipinski definition) is 5. The van der Waals surface area contributed by atoms with Gasteiger partial charge in [-0.2, -0.15) is 0 Å². The normalized spacial score (nSPS) is 12.7. The lowest BCUT2D eigenvalue weighted by atomic mass is 10.1. The highest BCUT2D eigenvalue weighted by Crippen LogP contribution is 2.32. The van der Waals surface area contributed by atoms with E-state index in [9.17, 15) is 4.79 Å². The Balaban J connectivity index is 0.000000527. The van der Waals surface area contributed by atoms with Gasteiger partial charge in [0.25, 0.3) is 5.91 Å². The molecule has 190 valence electrons. The molecule has 6 heteroatoms. The maximum absolute atomic E-state index is 12.1. The molecule has 6 nitrogen and oxygen atoms in total.